The smallest absolute Gasteiger partial charge is 0.253 e. The van der Waals surface area contributed by atoms with E-state index in [1.165, 1.54) is 0 Å². The van der Waals surface area contributed by atoms with E-state index in [0.717, 1.165) is 5.76 Å². The Balaban J connectivity index is 1.97. The molecular weight excluding hydrogens is 228 g/mol. The molecule has 18 heavy (non-hydrogen) atoms. The third-order valence-electron chi connectivity index (χ3n) is 2.67. The lowest BCUT2D eigenvalue weighted by Gasteiger charge is -2.13. The first-order valence-corrected chi connectivity index (χ1v) is 5.84. The lowest BCUT2D eigenvalue weighted by molar-refractivity contribution is 0.0940. The Kier molecular flexibility index (Phi) is 3.67. The fourth-order valence-electron chi connectivity index (χ4n) is 1.79. The zero-order chi connectivity index (χ0) is 13.0. The van der Waals surface area contributed by atoms with Gasteiger partial charge in [0.1, 0.15) is 5.76 Å². The van der Waals surface area contributed by atoms with Gasteiger partial charge in [0.25, 0.3) is 5.91 Å². The summed E-state index contributed by atoms with van der Waals surface area (Å²) in [5.41, 5.74) is 6.74. The van der Waals surface area contributed by atoms with Gasteiger partial charge in [-0.05, 0) is 31.2 Å². The van der Waals surface area contributed by atoms with Gasteiger partial charge < -0.3 is 15.5 Å². The van der Waals surface area contributed by atoms with E-state index in [4.69, 9.17) is 10.2 Å². The maximum absolute atomic E-state index is 12.0. The maximum Gasteiger partial charge on any atom is 0.253 e. The van der Waals surface area contributed by atoms with E-state index < -0.39 is 0 Å². The molecule has 0 spiro atoms. The number of furan rings is 1. The number of carbonyl (C=O) groups excluding carboxylic acids is 1. The first kappa shape index (κ1) is 12.2. The van der Waals surface area contributed by atoms with Crippen LogP contribution in [-0.4, -0.2) is 11.9 Å². The molecule has 4 heteroatoms. The van der Waals surface area contributed by atoms with E-state index in [-0.39, 0.29) is 11.9 Å². The van der Waals surface area contributed by atoms with Gasteiger partial charge >= 0.3 is 0 Å². The summed E-state index contributed by atoms with van der Waals surface area (Å²) in [5, 5.41) is 2.90. The molecular formula is C14H16N2O2. The third-order valence-corrected chi connectivity index (χ3v) is 2.67. The van der Waals surface area contributed by atoms with Crippen molar-refractivity contribution in [3.05, 3.63) is 54.0 Å². The van der Waals surface area contributed by atoms with Gasteiger partial charge in [-0.2, -0.15) is 0 Å². The van der Waals surface area contributed by atoms with Crippen molar-refractivity contribution in [2.24, 2.45) is 0 Å². The number of nitrogen functional groups attached to an aromatic ring is 1. The summed E-state index contributed by atoms with van der Waals surface area (Å²) >= 11 is 0. The van der Waals surface area contributed by atoms with Crippen LogP contribution in [-0.2, 0) is 6.42 Å². The second-order valence-electron chi connectivity index (χ2n) is 4.25. The highest BCUT2D eigenvalue weighted by Crippen LogP contribution is 2.11. The van der Waals surface area contributed by atoms with Gasteiger partial charge in [0.15, 0.2) is 0 Å². The summed E-state index contributed by atoms with van der Waals surface area (Å²) in [4.78, 5) is 12.0. The average molecular weight is 244 g/mol. The Morgan fingerprint density at radius 3 is 2.78 bits per heavy atom. The van der Waals surface area contributed by atoms with Crippen LogP contribution >= 0.6 is 0 Å². The Morgan fingerprint density at radius 2 is 2.11 bits per heavy atom. The molecule has 1 atom stereocenters. The van der Waals surface area contributed by atoms with Gasteiger partial charge in [0.2, 0.25) is 0 Å². The SMILES string of the molecule is CC(Cc1ccco1)NC(=O)c1ccccc1N. The van der Waals surface area contributed by atoms with Crippen LogP contribution in [0.4, 0.5) is 5.69 Å². The van der Waals surface area contributed by atoms with Crippen molar-refractivity contribution < 1.29 is 9.21 Å². The molecule has 0 saturated heterocycles. The summed E-state index contributed by atoms with van der Waals surface area (Å²) in [6.07, 6.45) is 2.28. The molecule has 1 unspecified atom stereocenters. The standard InChI is InChI=1S/C14H16N2O2/c1-10(9-11-5-4-8-18-11)16-14(17)12-6-2-3-7-13(12)15/h2-8,10H,9,15H2,1H3,(H,16,17). The molecule has 4 nitrogen and oxygen atoms in total. The number of nitrogens with one attached hydrogen (secondary N) is 1. The minimum Gasteiger partial charge on any atom is -0.469 e. The van der Waals surface area contributed by atoms with E-state index in [0.29, 0.717) is 17.7 Å². The zero-order valence-electron chi connectivity index (χ0n) is 10.2. The van der Waals surface area contributed by atoms with E-state index in [2.05, 4.69) is 5.32 Å². The minimum atomic E-state index is -0.160. The molecule has 0 aliphatic carbocycles. The van der Waals surface area contributed by atoms with Crippen molar-refractivity contribution in [1.29, 1.82) is 0 Å². The lowest BCUT2D eigenvalue weighted by Crippen LogP contribution is -2.34. The second kappa shape index (κ2) is 5.40. The summed E-state index contributed by atoms with van der Waals surface area (Å²) in [5.74, 6) is 0.691. The lowest BCUT2D eigenvalue weighted by atomic mass is 10.1. The van der Waals surface area contributed by atoms with Crippen LogP contribution < -0.4 is 11.1 Å². The second-order valence-corrected chi connectivity index (χ2v) is 4.25. The Hall–Kier alpha value is -2.23. The van der Waals surface area contributed by atoms with Crippen LogP contribution in [0.2, 0.25) is 0 Å². The van der Waals surface area contributed by atoms with E-state index in [9.17, 15) is 4.79 Å². The van der Waals surface area contributed by atoms with Gasteiger partial charge in [0, 0.05) is 18.2 Å². The van der Waals surface area contributed by atoms with Crippen molar-refractivity contribution >= 4 is 11.6 Å². The van der Waals surface area contributed by atoms with Crippen LogP contribution in [0.3, 0.4) is 0 Å². The van der Waals surface area contributed by atoms with Gasteiger partial charge in [-0.3, -0.25) is 4.79 Å². The average Bonchev–Trinajstić information content (AvgIpc) is 2.82. The molecule has 94 valence electrons. The molecule has 1 aromatic heterocycles. The molecule has 1 amide bonds. The topological polar surface area (TPSA) is 68.3 Å². The van der Waals surface area contributed by atoms with Crippen molar-refractivity contribution in [1.82, 2.24) is 5.32 Å². The molecule has 2 aromatic rings. The molecule has 0 aliphatic rings. The van der Waals surface area contributed by atoms with Crippen molar-refractivity contribution in [3.8, 4) is 0 Å². The summed E-state index contributed by atoms with van der Waals surface area (Å²) < 4.78 is 5.24. The van der Waals surface area contributed by atoms with E-state index >= 15 is 0 Å². The molecule has 0 aliphatic heterocycles. The fourth-order valence-corrected chi connectivity index (χ4v) is 1.79. The Labute approximate surface area is 106 Å². The highest BCUT2D eigenvalue weighted by molar-refractivity contribution is 5.99. The number of rotatable bonds is 4. The van der Waals surface area contributed by atoms with Gasteiger partial charge in [-0.15, -0.1) is 0 Å². The summed E-state index contributed by atoms with van der Waals surface area (Å²) in [6, 6.07) is 10.7. The number of amides is 1. The molecule has 0 saturated carbocycles. The van der Waals surface area contributed by atoms with Crippen molar-refractivity contribution in [2.75, 3.05) is 5.73 Å². The highest BCUT2D eigenvalue weighted by Gasteiger charge is 2.13. The minimum absolute atomic E-state index is 0.0109. The predicted molar refractivity (Wildman–Crippen MR) is 70.2 cm³/mol. The zero-order valence-corrected chi connectivity index (χ0v) is 10.2. The van der Waals surface area contributed by atoms with Gasteiger partial charge in [0.05, 0.1) is 11.8 Å². The van der Waals surface area contributed by atoms with Crippen LogP contribution in [0.15, 0.2) is 47.1 Å². The van der Waals surface area contributed by atoms with Crippen molar-refractivity contribution in [3.63, 3.8) is 0 Å². The summed E-state index contributed by atoms with van der Waals surface area (Å²) in [6.45, 7) is 1.93. The van der Waals surface area contributed by atoms with Crippen LogP contribution in [0.5, 0.6) is 0 Å². The molecule has 0 bridgehead atoms. The number of anilines is 1. The number of hydrogen-bond acceptors (Lipinski definition) is 3. The molecule has 3 N–H and O–H groups in total. The first-order valence-electron chi connectivity index (χ1n) is 5.84. The van der Waals surface area contributed by atoms with Crippen LogP contribution in [0.1, 0.15) is 23.0 Å². The fraction of sp³-hybridized carbons (Fsp3) is 0.214. The van der Waals surface area contributed by atoms with E-state index in [1.807, 2.05) is 19.1 Å². The summed E-state index contributed by atoms with van der Waals surface area (Å²) in [7, 11) is 0. The maximum atomic E-state index is 12.0. The largest absolute Gasteiger partial charge is 0.469 e. The number of hydrogen-bond donors (Lipinski definition) is 2. The van der Waals surface area contributed by atoms with Crippen LogP contribution in [0, 0.1) is 0 Å². The quantitative estimate of drug-likeness (QED) is 0.810. The Bertz CT molecular complexity index is 520. The molecule has 0 radical (unpaired) electrons. The molecule has 1 heterocycles. The number of nitrogens with two attached hydrogens (primary N) is 1. The predicted octanol–water partition coefficient (Wildman–Crippen LogP) is 2.22. The van der Waals surface area contributed by atoms with E-state index in [1.54, 1.807) is 30.5 Å². The van der Waals surface area contributed by atoms with Gasteiger partial charge in [-0.1, -0.05) is 12.1 Å². The molecule has 1 aromatic carbocycles. The first-order chi connectivity index (χ1) is 8.66. The highest BCUT2D eigenvalue weighted by atomic mass is 16.3. The number of benzene rings is 1. The van der Waals surface area contributed by atoms with Gasteiger partial charge in [-0.25, -0.2) is 0 Å². The molecule has 0 fully saturated rings. The van der Waals surface area contributed by atoms with Crippen molar-refractivity contribution in [2.45, 2.75) is 19.4 Å². The number of carbonyl (C=O) groups is 1. The number of para-hydroxylation sites is 1. The van der Waals surface area contributed by atoms with Crippen LogP contribution in [0.25, 0.3) is 0 Å². The molecule has 2 rings (SSSR count). The monoisotopic (exact) mass is 244 g/mol. The Morgan fingerprint density at radius 1 is 1.33 bits per heavy atom. The third kappa shape index (κ3) is 2.91. The normalized spacial score (nSPS) is 12.1.